The Kier molecular flexibility index (Phi) is 7.72. The number of benzene rings is 1. The van der Waals surface area contributed by atoms with Crippen LogP contribution in [0.15, 0.2) is 34.0 Å². The van der Waals surface area contributed by atoms with Crippen LogP contribution in [0.5, 0.6) is 5.75 Å². The molecule has 136 valence electrons. The Morgan fingerprint density at radius 1 is 1.32 bits per heavy atom. The summed E-state index contributed by atoms with van der Waals surface area (Å²) in [4.78, 5) is 4.65. The topological polar surface area (TPSA) is 76.4 Å². The average molecular weight is 409 g/mol. The van der Waals surface area contributed by atoms with Crippen molar-refractivity contribution in [2.45, 2.75) is 33.4 Å². The van der Waals surface area contributed by atoms with Crippen molar-refractivity contribution >= 4 is 21.9 Å². The monoisotopic (exact) mass is 408 g/mol. The zero-order valence-corrected chi connectivity index (χ0v) is 16.5. The van der Waals surface area contributed by atoms with E-state index in [9.17, 15) is 0 Å². The van der Waals surface area contributed by atoms with Gasteiger partial charge in [-0.1, -0.05) is 22.9 Å². The highest BCUT2D eigenvalue weighted by molar-refractivity contribution is 9.10. The minimum Gasteiger partial charge on any atom is -0.496 e. The highest BCUT2D eigenvalue weighted by atomic mass is 79.9. The molecule has 2 aromatic rings. The molecule has 0 amide bonds. The van der Waals surface area contributed by atoms with Crippen molar-refractivity contribution < 1.29 is 4.74 Å². The summed E-state index contributed by atoms with van der Waals surface area (Å²) < 4.78 is 8.46. The smallest absolute Gasteiger partial charge is 0.191 e. The van der Waals surface area contributed by atoms with Crippen LogP contribution in [0, 0.1) is 0 Å². The van der Waals surface area contributed by atoms with E-state index >= 15 is 0 Å². The van der Waals surface area contributed by atoms with Gasteiger partial charge in [-0.15, -0.1) is 10.2 Å². The number of aromatic nitrogens is 3. The predicted octanol–water partition coefficient (Wildman–Crippen LogP) is 2.37. The zero-order chi connectivity index (χ0) is 18.1. The van der Waals surface area contributed by atoms with Gasteiger partial charge in [-0.2, -0.15) is 0 Å². The molecule has 1 heterocycles. The van der Waals surface area contributed by atoms with E-state index in [1.807, 2.05) is 29.7 Å². The molecular formula is C17H25BrN6O. The average Bonchev–Trinajstić information content (AvgIpc) is 3.07. The number of ether oxygens (including phenoxy) is 1. The van der Waals surface area contributed by atoms with E-state index in [-0.39, 0.29) is 0 Å². The molecule has 25 heavy (non-hydrogen) atoms. The summed E-state index contributed by atoms with van der Waals surface area (Å²) in [5, 5.41) is 14.6. The van der Waals surface area contributed by atoms with Crippen LogP contribution in [0.4, 0.5) is 0 Å². The van der Waals surface area contributed by atoms with Crippen LogP contribution in [0.2, 0.25) is 0 Å². The lowest BCUT2D eigenvalue weighted by molar-refractivity contribution is 0.409. The Morgan fingerprint density at radius 2 is 2.16 bits per heavy atom. The molecule has 0 aliphatic carbocycles. The zero-order valence-electron chi connectivity index (χ0n) is 14.9. The normalized spacial score (nSPS) is 11.4. The lowest BCUT2D eigenvalue weighted by Crippen LogP contribution is -2.38. The van der Waals surface area contributed by atoms with E-state index in [4.69, 9.17) is 4.74 Å². The molecule has 0 saturated heterocycles. The number of halogens is 1. The summed E-state index contributed by atoms with van der Waals surface area (Å²) in [5.74, 6) is 2.60. The second kappa shape index (κ2) is 10.0. The number of aliphatic imine (C=N–C) groups is 1. The van der Waals surface area contributed by atoms with Crippen molar-refractivity contribution in [1.29, 1.82) is 0 Å². The third-order valence-electron chi connectivity index (χ3n) is 3.65. The van der Waals surface area contributed by atoms with Gasteiger partial charge < -0.3 is 19.9 Å². The first-order valence-corrected chi connectivity index (χ1v) is 9.18. The van der Waals surface area contributed by atoms with Gasteiger partial charge in [-0.25, -0.2) is 4.99 Å². The molecule has 1 aromatic carbocycles. The summed E-state index contributed by atoms with van der Waals surface area (Å²) in [7, 11) is 1.67. The first-order chi connectivity index (χ1) is 12.2. The minimum atomic E-state index is 0.533. The van der Waals surface area contributed by atoms with Crippen LogP contribution in [-0.4, -0.2) is 40.9 Å². The molecule has 0 unspecified atom stereocenters. The van der Waals surface area contributed by atoms with Gasteiger partial charge in [0.05, 0.1) is 13.7 Å². The van der Waals surface area contributed by atoms with Crippen molar-refractivity contribution in [2.75, 3.05) is 20.2 Å². The van der Waals surface area contributed by atoms with Crippen LogP contribution in [0.25, 0.3) is 0 Å². The molecule has 0 spiro atoms. The van der Waals surface area contributed by atoms with Gasteiger partial charge in [-0.3, -0.25) is 0 Å². The summed E-state index contributed by atoms with van der Waals surface area (Å²) in [5.41, 5.74) is 1.03. The number of guanidine groups is 1. The second-order valence-corrected chi connectivity index (χ2v) is 6.29. The Hall–Kier alpha value is -2.09. The lowest BCUT2D eigenvalue weighted by Gasteiger charge is -2.13. The molecule has 0 saturated carbocycles. The Labute approximate surface area is 157 Å². The fourth-order valence-electron chi connectivity index (χ4n) is 2.41. The molecule has 7 nitrogen and oxygen atoms in total. The second-order valence-electron chi connectivity index (χ2n) is 5.37. The first-order valence-electron chi connectivity index (χ1n) is 8.39. The minimum absolute atomic E-state index is 0.533. The first kappa shape index (κ1) is 19.2. The van der Waals surface area contributed by atoms with E-state index in [2.05, 4.69) is 48.7 Å². The molecule has 0 aliphatic rings. The summed E-state index contributed by atoms with van der Waals surface area (Å²) in [6.45, 7) is 6.99. The molecule has 0 atom stereocenters. The van der Waals surface area contributed by atoms with Crippen LogP contribution in [0.3, 0.4) is 0 Å². The van der Waals surface area contributed by atoms with Crippen LogP contribution in [-0.2, 0) is 19.5 Å². The quantitative estimate of drug-likeness (QED) is 0.517. The Bertz CT molecular complexity index is 700. The van der Waals surface area contributed by atoms with Crippen LogP contribution in [0.1, 0.15) is 25.2 Å². The molecule has 1 aromatic heterocycles. The van der Waals surface area contributed by atoms with Gasteiger partial charge in [0, 0.05) is 36.1 Å². The van der Waals surface area contributed by atoms with Gasteiger partial charge in [0.15, 0.2) is 5.96 Å². The van der Waals surface area contributed by atoms with Gasteiger partial charge in [0.25, 0.3) is 0 Å². The van der Waals surface area contributed by atoms with Crippen molar-refractivity contribution in [1.82, 2.24) is 25.4 Å². The molecule has 2 rings (SSSR count). The van der Waals surface area contributed by atoms with E-state index in [0.717, 1.165) is 53.6 Å². The fraction of sp³-hybridized carbons (Fsp3) is 0.471. The van der Waals surface area contributed by atoms with Gasteiger partial charge in [-0.05, 0) is 25.1 Å². The standard InChI is InChI=1S/C17H25BrN6O/c1-4-16-23-22-12-24(16)9-8-20-17(19-5-2)21-11-13-10-14(18)6-7-15(13)25-3/h6-7,10,12H,4-5,8-9,11H2,1-3H3,(H2,19,20,21). The third kappa shape index (κ3) is 5.74. The number of hydrogen-bond donors (Lipinski definition) is 2. The number of nitrogens with one attached hydrogen (secondary N) is 2. The van der Waals surface area contributed by atoms with E-state index < -0.39 is 0 Å². The van der Waals surface area contributed by atoms with Crippen molar-refractivity contribution in [3.05, 3.63) is 40.4 Å². The molecule has 8 heteroatoms. The van der Waals surface area contributed by atoms with E-state index in [0.29, 0.717) is 6.54 Å². The highest BCUT2D eigenvalue weighted by Gasteiger charge is 2.05. The highest BCUT2D eigenvalue weighted by Crippen LogP contribution is 2.23. The molecule has 0 aliphatic heterocycles. The summed E-state index contributed by atoms with van der Waals surface area (Å²) in [6, 6.07) is 5.92. The molecule has 0 fully saturated rings. The van der Waals surface area contributed by atoms with Crippen molar-refractivity contribution in [3.8, 4) is 5.75 Å². The van der Waals surface area contributed by atoms with E-state index in [1.54, 1.807) is 13.4 Å². The largest absolute Gasteiger partial charge is 0.496 e. The lowest BCUT2D eigenvalue weighted by atomic mass is 10.2. The molecular weight excluding hydrogens is 384 g/mol. The third-order valence-corrected chi connectivity index (χ3v) is 4.14. The SMILES string of the molecule is CCNC(=NCc1cc(Br)ccc1OC)NCCn1cnnc1CC. The Morgan fingerprint density at radius 3 is 2.88 bits per heavy atom. The number of hydrogen-bond acceptors (Lipinski definition) is 4. The van der Waals surface area contributed by atoms with Crippen LogP contribution >= 0.6 is 15.9 Å². The maximum Gasteiger partial charge on any atom is 0.191 e. The molecule has 2 N–H and O–H groups in total. The van der Waals surface area contributed by atoms with E-state index in [1.165, 1.54) is 0 Å². The number of aryl methyl sites for hydroxylation is 1. The molecule has 0 bridgehead atoms. The maximum absolute atomic E-state index is 5.40. The van der Waals surface area contributed by atoms with Crippen molar-refractivity contribution in [3.63, 3.8) is 0 Å². The van der Waals surface area contributed by atoms with Gasteiger partial charge in [0.1, 0.15) is 17.9 Å². The molecule has 0 radical (unpaired) electrons. The van der Waals surface area contributed by atoms with Crippen LogP contribution < -0.4 is 15.4 Å². The summed E-state index contributed by atoms with van der Waals surface area (Å²) in [6.07, 6.45) is 2.63. The summed E-state index contributed by atoms with van der Waals surface area (Å²) >= 11 is 3.49. The van der Waals surface area contributed by atoms with Gasteiger partial charge >= 0.3 is 0 Å². The number of rotatable bonds is 8. The predicted molar refractivity (Wildman–Crippen MR) is 103 cm³/mol. The fourth-order valence-corrected chi connectivity index (χ4v) is 2.82. The number of nitrogens with zero attached hydrogens (tertiary/aromatic N) is 4. The van der Waals surface area contributed by atoms with Gasteiger partial charge in [0.2, 0.25) is 0 Å². The number of methoxy groups -OCH3 is 1. The maximum atomic E-state index is 5.40. The Balaban J connectivity index is 1.97. The van der Waals surface area contributed by atoms with Crippen molar-refractivity contribution in [2.24, 2.45) is 4.99 Å².